The van der Waals surface area contributed by atoms with E-state index in [0.717, 1.165) is 31.2 Å². The monoisotopic (exact) mass is 298 g/mol. The Hall–Kier alpha value is -1.07. The van der Waals surface area contributed by atoms with Crippen molar-refractivity contribution in [3.63, 3.8) is 0 Å². The number of benzene rings is 1. The number of hydrogen-bond donors (Lipinski definition) is 1. The van der Waals surface area contributed by atoms with Crippen molar-refractivity contribution in [1.29, 1.82) is 0 Å². The molecule has 1 N–H and O–H groups in total. The first kappa shape index (κ1) is 15.3. The fraction of sp³-hybridized carbons (Fsp3) is 0.600. The molecule has 0 heterocycles. The molecule has 0 radical (unpaired) electrons. The Morgan fingerprint density at radius 1 is 1.25 bits per heavy atom. The molecule has 1 aromatic rings. The van der Waals surface area contributed by atoms with Crippen LogP contribution >= 0.6 is 0 Å². The largest absolute Gasteiger partial charge is 0.494 e. The summed E-state index contributed by atoms with van der Waals surface area (Å²) < 4.78 is 38.3. The van der Waals surface area contributed by atoms with E-state index in [2.05, 4.69) is 0 Å². The highest BCUT2D eigenvalue weighted by molar-refractivity contribution is 7.85. The molecule has 5 heteroatoms. The standard InChI is InChI=1S/C15H22O4S/c1-3-19-14-10-13(12-7-5-4-6-8-12)15(9-11(14)2)20(16,17)18/h9-10,12H,3-8H2,1-2H3,(H,16,17,18). The Morgan fingerprint density at radius 3 is 2.45 bits per heavy atom. The minimum absolute atomic E-state index is 0.0466. The third-order valence-corrected chi connectivity index (χ3v) is 4.84. The van der Waals surface area contributed by atoms with Gasteiger partial charge in [-0.1, -0.05) is 19.3 Å². The second kappa shape index (κ2) is 6.14. The first-order chi connectivity index (χ1) is 9.43. The lowest BCUT2D eigenvalue weighted by atomic mass is 9.83. The van der Waals surface area contributed by atoms with Crippen LogP contribution in [0.4, 0.5) is 0 Å². The van der Waals surface area contributed by atoms with Gasteiger partial charge < -0.3 is 4.74 Å². The average Bonchev–Trinajstić information content (AvgIpc) is 2.41. The van der Waals surface area contributed by atoms with Crippen LogP contribution in [0, 0.1) is 6.92 Å². The molecule has 1 aliphatic rings. The number of aryl methyl sites for hydroxylation is 1. The molecule has 0 unspecified atom stereocenters. The predicted octanol–water partition coefficient (Wildman–Crippen LogP) is 3.69. The SMILES string of the molecule is CCOc1cc(C2CCCCC2)c(S(=O)(=O)O)cc1C. The summed E-state index contributed by atoms with van der Waals surface area (Å²) >= 11 is 0. The fourth-order valence-electron chi connectivity index (χ4n) is 2.94. The Bertz CT molecular complexity index is 572. The smallest absolute Gasteiger partial charge is 0.294 e. The molecule has 0 saturated heterocycles. The van der Waals surface area contributed by atoms with Gasteiger partial charge in [0.05, 0.1) is 11.5 Å². The van der Waals surface area contributed by atoms with Gasteiger partial charge in [0.15, 0.2) is 0 Å². The summed E-state index contributed by atoms with van der Waals surface area (Å²) in [4.78, 5) is 0.0466. The minimum Gasteiger partial charge on any atom is -0.494 e. The van der Waals surface area contributed by atoms with Crippen molar-refractivity contribution in [2.24, 2.45) is 0 Å². The van der Waals surface area contributed by atoms with Gasteiger partial charge in [-0.05, 0) is 55.9 Å². The first-order valence-electron chi connectivity index (χ1n) is 7.18. The molecule has 0 aliphatic heterocycles. The summed E-state index contributed by atoms with van der Waals surface area (Å²) in [5.74, 6) is 0.904. The molecule has 1 aromatic carbocycles. The van der Waals surface area contributed by atoms with E-state index in [9.17, 15) is 13.0 Å². The molecule has 2 rings (SSSR count). The maximum atomic E-state index is 11.6. The van der Waals surface area contributed by atoms with Crippen LogP contribution in [0.5, 0.6) is 5.75 Å². The van der Waals surface area contributed by atoms with Crippen LogP contribution in [0.25, 0.3) is 0 Å². The van der Waals surface area contributed by atoms with E-state index in [0.29, 0.717) is 17.9 Å². The molecule has 0 atom stereocenters. The van der Waals surface area contributed by atoms with E-state index in [1.165, 1.54) is 12.5 Å². The summed E-state index contributed by atoms with van der Waals surface area (Å²) in [5.41, 5.74) is 1.44. The predicted molar refractivity (Wildman–Crippen MR) is 78.0 cm³/mol. The quantitative estimate of drug-likeness (QED) is 0.861. The van der Waals surface area contributed by atoms with Crippen LogP contribution in [0.1, 0.15) is 56.1 Å². The lowest BCUT2D eigenvalue weighted by molar-refractivity contribution is 0.336. The van der Waals surface area contributed by atoms with Crippen LogP contribution in [0.15, 0.2) is 17.0 Å². The molecular formula is C15H22O4S. The van der Waals surface area contributed by atoms with E-state index in [4.69, 9.17) is 4.74 Å². The zero-order chi connectivity index (χ0) is 14.8. The lowest BCUT2D eigenvalue weighted by Gasteiger charge is -2.24. The maximum absolute atomic E-state index is 11.6. The Kier molecular flexibility index (Phi) is 4.70. The van der Waals surface area contributed by atoms with Crippen LogP contribution in [-0.4, -0.2) is 19.6 Å². The fourth-order valence-corrected chi connectivity index (χ4v) is 3.79. The molecular weight excluding hydrogens is 276 g/mol. The summed E-state index contributed by atoms with van der Waals surface area (Å²) in [6, 6.07) is 3.34. The molecule has 20 heavy (non-hydrogen) atoms. The van der Waals surface area contributed by atoms with E-state index in [1.54, 1.807) is 13.0 Å². The van der Waals surface area contributed by atoms with Crippen LogP contribution < -0.4 is 4.74 Å². The summed E-state index contributed by atoms with van der Waals surface area (Å²) in [6.07, 6.45) is 5.34. The normalized spacial score (nSPS) is 17.1. The van der Waals surface area contributed by atoms with Crippen molar-refractivity contribution in [3.8, 4) is 5.75 Å². The average molecular weight is 298 g/mol. The third-order valence-electron chi connectivity index (χ3n) is 3.93. The second-order valence-corrected chi connectivity index (χ2v) is 6.79. The van der Waals surface area contributed by atoms with Gasteiger partial charge in [-0.3, -0.25) is 4.55 Å². The van der Waals surface area contributed by atoms with E-state index in [-0.39, 0.29) is 10.8 Å². The highest BCUT2D eigenvalue weighted by Crippen LogP contribution is 2.38. The van der Waals surface area contributed by atoms with Gasteiger partial charge in [-0.25, -0.2) is 0 Å². The molecule has 1 fully saturated rings. The summed E-state index contributed by atoms with van der Waals surface area (Å²) in [5, 5.41) is 0. The molecule has 0 amide bonds. The number of rotatable bonds is 4. The van der Waals surface area contributed by atoms with Gasteiger partial charge in [-0.15, -0.1) is 0 Å². The molecule has 112 valence electrons. The highest BCUT2D eigenvalue weighted by atomic mass is 32.2. The van der Waals surface area contributed by atoms with Crippen molar-refractivity contribution in [1.82, 2.24) is 0 Å². The Morgan fingerprint density at radius 2 is 1.90 bits per heavy atom. The van der Waals surface area contributed by atoms with Crippen molar-refractivity contribution in [3.05, 3.63) is 23.3 Å². The van der Waals surface area contributed by atoms with Gasteiger partial charge in [0.25, 0.3) is 10.1 Å². The van der Waals surface area contributed by atoms with Crippen LogP contribution in [-0.2, 0) is 10.1 Å². The van der Waals surface area contributed by atoms with E-state index in [1.807, 2.05) is 6.92 Å². The maximum Gasteiger partial charge on any atom is 0.294 e. The van der Waals surface area contributed by atoms with Crippen LogP contribution in [0.2, 0.25) is 0 Å². The summed E-state index contributed by atoms with van der Waals surface area (Å²) in [6.45, 7) is 4.23. The molecule has 1 aliphatic carbocycles. The first-order valence-corrected chi connectivity index (χ1v) is 8.62. The van der Waals surface area contributed by atoms with Gasteiger partial charge in [0, 0.05) is 0 Å². The van der Waals surface area contributed by atoms with E-state index >= 15 is 0 Å². The minimum atomic E-state index is -4.19. The van der Waals surface area contributed by atoms with Crippen LogP contribution in [0.3, 0.4) is 0 Å². The van der Waals surface area contributed by atoms with Gasteiger partial charge in [0.2, 0.25) is 0 Å². The van der Waals surface area contributed by atoms with E-state index < -0.39 is 10.1 Å². The Balaban J connectivity index is 2.52. The third kappa shape index (κ3) is 3.33. The summed E-state index contributed by atoms with van der Waals surface area (Å²) in [7, 11) is -4.19. The van der Waals surface area contributed by atoms with Crippen molar-refractivity contribution < 1.29 is 17.7 Å². The Labute approximate surface area is 120 Å². The lowest BCUT2D eigenvalue weighted by Crippen LogP contribution is -2.12. The number of ether oxygens (including phenoxy) is 1. The zero-order valence-electron chi connectivity index (χ0n) is 12.1. The highest BCUT2D eigenvalue weighted by Gasteiger charge is 2.25. The zero-order valence-corrected chi connectivity index (χ0v) is 12.9. The van der Waals surface area contributed by atoms with Gasteiger partial charge in [0.1, 0.15) is 5.75 Å². The molecule has 4 nitrogen and oxygen atoms in total. The van der Waals surface area contributed by atoms with Crippen molar-refractivity contribution in [2.45, 2.75) is 56.8 Å². The topological polar surface area (TPSA) is 63.6 Å². The molecule has 0 bridgehead atoms. The van der Waals surface area contributed by atoms with Gasteiger partial charge >= 0.3 is 0 Å². The van der Waals surface area contributed by atoms with Gasteiger partial charge in [-0.2, -0.15) is 8.42 Å². The number of hydrogen-bond acceptors (Lipinski definition) is 3. The molecule has 1 saturated carbocycles. The molecule has 0 aromatic heterocycles. The van der Waals surface area contributed by atoms with Crippen molar-refractivity contribution in [2.75, 3.05) is 6.61 Å². The molecule has 0 spiro atoms. The van der Waals surface area contributed by atoms with Crippen molar-refractivity contribution >= 4 is 10.1 Å². The second-order valence-electron chi connectivity index (χ2n) is 5.40.